The van der Waals surface area contributed by atoms with Crippen molar-refractivity contribution in [3.63, 3.8) is 0 Å². The Labute approximate surface area is 133 Å². The van der Waals surface area contributed by atoms with Gasteiger partial charge in [0.15, 0.2) is 0 Å². The molecule has 1 aliphatic rings. The van der Waals surface area contributed by atoms with Crippen molar-refractivity contribution in [3.8, 4) is 0 Å². The number of carbonyl (C=O) groups excluding carboxylic acids is 1. The van der Waals surface area contributed by atoms with Crippen LogP contribution in [0, 0.1) is 5.92 Å². The average molecular weight is 312 g/mol. The van der Waals surface area contributed by atoms with Gasteiger partial charge in [-0.1, -0.05) is 70.1 Å². The summed E-state index contributed by atoms with van der Waals surface area (Å²) in [5.74, 6) is -0.0949. The predicted octanol–water partition coefficient (Wildman–Crippen LogP) is 2.57. The highest BCUT2D eigenvalue weighted by molar-refractivity contribution is 7.13. The molecule has 0 radical (unpaired) electrons. The van der Waals surface area contributed by atoms with Crippen molar-refractivity contribution in [2.75, 3.05) is 13.1 Å². The van der Waals surface area contributed by atoms with Gasteiger partial charge in [-0.15, -0.1) is 0 Å². The summed E-state index contributed by atoms with van der Waals surface area (Å²) in [5, 5.41) is 0. The number of primary amides is 1. The number of benzene rings is 2. The van der Waals surface area contributed by atoms with E-state index >= 15 is 0 Å². The van der Waals surface area contributed by atoms with Crippen LogP contribution in [0.25, 0.3) is 0 Å². The van der Waals surface area contributed by atoms with Crippen LogP contribution >= 0.6 is 9.39 Å². The van der Waals surface area contributed by atoms with Gasteiger partial charge in [0.2, 0.25) is 5.91 Å². The summed E-state index contributed by atoms with van der Waals surface area (Å²) in [6.07, 6.45) is 0.955. The second kappa shape index (κ2) is 6.20. The van der Waals surface area contributed by atoms with Crippen LogP contribution in [0.4, 0.5) is 0 Å². The zero-order chi connectivity index (χ0) is 15.6. The molecule has 0 spiro atoms. The molecule has 2 aromatic rings. The third-order valence-electron chi connectivity index (χ3n) is 4.68. The number of amides is 1. The first-order chi connectivity index (χ1) is 10.7. The Morgan fingerprint density at radius 2 is 1.55 bits per heavy atom. The number of nitrogens with zero attached hydrogens (tertiary/aromatic N) is 1. The molecule has 2 aromatic carbocycles. The molecule has 2 unspecified atom stereocenters. The van der Waals surface area contributed by atoms with Crippen LogP contribution in [0.3, 0.4) is 0 Å². The van der Waals surface area contributed by atoms with Crippen molar-refractivity contribution >= 4 is 15.3 Å². The fourth-order valence-electron chi connectivity index (χ4n) is 3.67. The molecule has 0 bridgehead atoms. The summed E-state index contributed by atoms with van der Waals surface area (Å²) in [5.41, 5.74) is 7.20. The fourth-order valence-corrected chi connectivity index (χ4v) is 4.07. The highest BCUT2D eigenvalue weighted by Gasteiger charge is 2.49. The van der Waals surface area contributed by atoms with E-state index in [1.165, 1.54) is 0 Å². The zero-order valence-electron chi connectivity index (χ0n) is 12.5. The lowest BCUT2D eigenvalue weighted by Gasteiger charge is -2.37. The highest BCUT2D eigenvalue weighted by Crippen LogP contribution is 2.44. The van der Waals surface area contributed by atoms with E-state index in [1.807, 2.05) is 60.7 Å². The summed E-state index contributed by atoms with van der Waals surface area (Å²) in [6.45, 7) is 1.81. The van der Waals surface area contributed by atoms with Crippen molar-refractivity contribution < 1.29 is 4.79 Å². The number of hydrogen-bond donors (Lipinski definition) is 1. The molecule has 1 saturated heterocycles. The van der Waals surface area contributed by atoms with E-state index in [9.17, 15) is 4.79 Å². The van der Waals surface area contributed by atoms with E-state index in [4.69, 9.17) is 5.73 Å². The largest absolute Gasteiger partial charge is 0.369 e. The van der Waals surface area contributed by atoms with Gasteiger partial charge in [-0.2, -0.15) is 0 Å². The molecule has 1 aliphatic heterocycles. The van der Waals surface area contributed by atoms with Crippen LogP contribution in [-0.4, -0.2) is 23.7 Å². The molecule has 114 valence electrons. The maximum absolute atomic E-state index is 12.7. The minimum atomic E-state index is -0.770. The van der Waals surface area contributed by atoms with Crippen molar-refractivity contribution in [2.24, 2.45) is 11.7 Å². The molecular weight excluding hydrogens is 291 g/mol. The minimum Gasteiger partial charge on any atom is -0.369 e. The molecule has 0 saturated carbocycles. The highest BCUT2D eigenvalue weighted by atomic mass is 31.0. The van der Waals surface area contributed by atoms with E-state index in [2.05, 4.69) is 14.1 Å². The van der Waals surface area contributed by atoms with Crippen molar-refractivity contribution in [2.45, 2.75) is 11.8 Å². The lowest BCUT2D eigenvalue weighted by molar-refractivity contribution is -0.123. The van der Waals surface area contributed by atoms with Gasteiger partial charge in [0.25, 0.3) is 0 Å². The van der Waals surface area contributed by atoms with Gasteiger partial charge in [-0.05, 0) is 23.5 Å². The number of nitrogens with two attached hydrogens (primary N) is 1. The van der Waals surface area contributed by atoms with E-state index in [1.54, 1.807) is 0 Å². The van der Waals surface area contributed by atoms with Gasteiger partial charge < -0.3 is 5.73 Å². The predicted molar refractivity (Wildman–Crippen MR) is 92.2 cm³/mol. The molecular formula is C18H21N2OP. The van der Waals surface area contributed by atoms with Crippen molar-refractivity contribution in [1.29, 1.82) is 0 Å². The Morgan fingerprint density at radius 1 is 1.05 bits per heavy atom. The van der Waals surface area contributed by atoms with Crippen LogP contribution in [0.2, 0.25) is 0 Å². The molecule has 2 N–H and O–H groups in total. The fraction of sp³-hybridized carbons (Fsp3) is 0.278. The molecule has 2 atom stereocenters. The Balaban J connectivity index is 2.22. The molecule has 0 aromatic heterocycles. The Bertz CT molecular complexity index is 605. The normalized spacial score (nSPS) is 19.2. The number of hydrogen-bond acceptors (Lipinski definition) is 2. The smallest absolute Gasteiger partial charge is 0.232 e. The Morgan fingerprint density at radius 3 is 1.91 bits per heavy atom. The molecule has 4 heteroatoms. The third kappa shape index (κ3) is 2.45. The van der Waals surface area contributed by atoms with Gasteiger partial charge in [0.05, 0.1) is 0 Å². The molecule has 1 fully saturated rings. The molecule has 22 heavy (non-hydrogen) atoms. The van der Waals surface area contributed by atoms with Gasteiger partial charge in [0, 0.05) is 13.1 Å². The third-order valence-corrected chi connectivity index (χ3v) is 5.15. The molecule has 0 aliphatic carbocycles. The first-order valence-corrected chi connectivity index (χ1v) is 8.08. The average Bonchev–Trinajstić information content (AvgIpc) is 2.97. The van der Waals surface area contributed by atoms with Gasteiger partial charge in [0.1, 0.15) is 5.41 Å². The van der Waals surface area contributed by atoms with Crippen LogP contribution in [0.15, 0.2) is 60.7 Å². The first-order valence-electron chi connectivity index (χ1n) is 7.56. The summed E-state index contributed by atoms with van der Waals surface area (Å²) >= 11 is 0. The summed E-state index contributed by atoms with van der Waals surface area (Å²) in [7, 11) is 2.74. The van der Waals surface area contributed by atoms with E-state index in [-0.39, 0.29) is 11.8 Å². The topological polar surface area (TPSA) is 46.3 Å². The van der Waals surface area contributed by atoms with Gasteiger partial charge in [-0.3, -0.25) is 9.46 Å². The summed E-state index contributed by atoms with van der Waals surface area (Å²) in [4.78, 5) is 12.7. The van der Waals surface area contributed by atoms with Crippen LogP contribution in [0.5, 0.6) is 0 Å². The van der Waals surface area contributed by atoms with E-state index < -0.39 is 5.41 Å². The van der Waals surface area contributed by atoms with E-state index in [0.29, 0.717) is 0 Å². The second-order valence-corrected chi connectivity index (χ2v) is 6.62. The second-order valence-electron chi connectivity index (χ2n) is 5.88. The van der Waals surface area contributed by atoms with Gasteiger partial charge in [-0.25, -0.2) is 0 Å². The first kappa shape index (κ1) is 15.2. The monoisotopic (exact) mass is 312 g/mol. The minimum absolute atomic E-state index is 0.173. The van der Waals surface area contributed by atoms with Crippen molar-refractivity contribution in [3.05, 3.63) is 71.8 Å². The van der Waals surface area contributed by atoms with Gasteiger partial charge >= 0.3 is 0 Å². The molecule has 3 nitrogen and oxygen atoms in total. The quantitative estimate of drug-likeness (QED) is 0.882. The van der Waals surface area contributed by atoms with Crippen molar-refractivity contribution in [1.82, 2.24) is 4.67 Å². The SMILES string of the molecule is NC(=O)C(c1ccccc1)(c1ccccc1)C1CCN(P)C1. The van der Waals surface area contributed by atoms with E-state index in [0.717, 1.165) is 30.6 Å². The maximum Gasteiger partial charge on any atom is 0.232 e. The van der Waals surface area contributed by atoms with Crippen LogP contribution in [0.1, 0.15) is 17.5 Å². The standard InChI is InChI=1S/C18H21N2OP/c19-17(21)18(14-7-3-1-4-8-14,15-9-5-2-6-10-15)16-11-12-20(22)13-16/h1-10,16H,11-13,22H2,(H2,19,21). The van der Waals surface area contributed by atoms with Crippen LogP contribution < -0.4 is 5.73 Å². The zero-order valence-corrected chi connectivity index (χ0v) is 13.6. The summed E-state index contributed by atoms with van der Waals surface area (Å²) < 4.78 is 2.19. The lowest BCUT2D eigenvalue weighted by atomic mass is 9.65. The number of carbonyl (C=O) groups is 1. The lowest BCUT2D eigenvalue weighted by Crippen LogP contribution is -2.49. The molecule has 1 heterocycles. The Kier molecular flexibility index (Phi) is 4.28. The molecule has 1 amide bonds. The number of rotatable bonds is 4. The summed E-state index contributed by atoms with van der Waals surface area (Å²) in [6, 6.07) is 19.9. The maximum atomic E-state index is 12.7. The van der Waals surface area contributed by atoms with Crippen LogP contribution in [-0.2, 0) is 10.2 Å². The molecule has 3 rings (SSSR count). The Hall–Kier alpha value is -1.70.